The number of carbonyl (C=O) groups excluding carboxylic acids is 3. The first-order valence-corrected chi connectivity index (χ1v) is 8.13. The van der Waals surface area contributed by atoms with Crippen LogP contribution in [0.15, 0.2) is 24.3 Å². The van der Waals surface area contributed by atoms with Crippen molar-refractivity contribution in [3.05, 3.63) is 29.8 Å². The van der Waals surface area contributed by atoms with E-state index in [4.69, 9.17) is 4.74 Å². The van der Waals surface area contributed by atoms with Crippen molar-refractivity contribution in [1.29, 1.82) is 0 Å². The highest BCUT2D eigenvalue weighted by molar-refractivity contribution is 6.00. The Bertz CT molecular complexity index is 610. The zero-order chi connectivity index (χ0) is 17.7. The third-order valence-corrected chi connectivity index (χ3v) is 4.01. The predicted octanol–water partition coefficient (Wildman–Crippen LogP) is 1.50. The largest absolute Gasteiger partial charge is 0.497 e. The molecule has 0 unspecified atom stereocenters. The number of rotatable bonds is 7. The van der Waals surface area contributed by atoms with Gasteiger partial charge in [-0.2, -0.15) is 0 Å². The lowest BCUT2D eigenvalue weighted by molar-refractivity contribution is -0.129. The van der Waals surface area contributed by atoms with Crippen LogP contribution in [-0.2, 0) is 9.59 Å². The van der Waals surface area contributed by atoms with Crippen molar-refractivity contribution in [2.45, 2.75) is 20.3 Å². The number of likely N-dealkylation sites (tertiary alicyclic amines) is 1. The lowest BCUT2D eigenvalue weighted by Gasteiger charge is -2.18. The van der Waals surface area contributed by atoms with Crippen LogP contribution in [0.5, 0.6) is 5.75 Å². The number of nitrogens with zero attached hydrogens (tertiary/aromatic N) is 1. The third-order valence-electron chi connectivity index (χ3n) is 4.01. The molecule has 1 atom stereocenters. The second kappa shape index (κ2) is 7.95. The van der Waals surface area contributed by atoms with Crippen molar-refractivity contribution >= 4 is 17.6 Å². The van der Waals surface area contributed by atoms with Crippen LogP contribution in [0.3, 0.4) is 0 Å². The number of benzene rings is 1. The molecule has 1 fully saturated rings. The van der Waals surface area contributed by atoms with Crippen molar-refractivity contribution in [3.8, 4) is 5.75 Å². The molecule has 2 amide bonds. The Balaban J connectivity index is 1.84. The molecular weight excluding hydrogens is 308 g/mol. The fraction of sp³-hybridized carbons (Fsp3) is 0.500. The van der Waals surface area contributed by atoms with Crippen LogP contribution >= 0.6 is 0 Å². The molecule has 0 bridgehead atoms. The molecule has 0 radical (unpaired) electrons. The van der Waals surface area contributed by atoms with Gasteiger partial charge in [-0.25, -0.2) is 0 Å². The molecule has 130 valence electrons. The SMILES string of the molecule is COc1ccc(C(=O)CNC(=O)[C@@H]2CC(=O)N(CC(C)C)C2)cc1. The number of amides is 2. The number of Topliss-reactive ketones (excluding diaryl/α,β-unsaturated/α-hetero) is 1. The van der Waals surface area contributed by atoms with Crippen LogP contribution in [0.1, 0.15) is 30.6 Å². The summed E-state index contributed by atoms with van der Waals surface area (Å²) in [6.07, 6.45) is 0.218. The molecule has 0 spiro atoms. The summed E-state index contributed by atoms with van der Waals surface area (Å²) in [5.74, 6) is 0.258. The maximum atomic E-state index is 12.2. The van der Waals surface area contributed by atoms with Gasteiger partial charge in [-0.15, -0.1) is 0 Å². The van der Waals surface area contributed by atoms with Crippen LogP contribution in [0.25, 0.3) is 0 Å². The molecule has 1 aliphatic heterocycles. The number of carbonyl (C=O) groups is 3. The topological polar surface area (TPSA) is 75.7 Å². The smallest absolute Gasteiger partial charge is 0.225 e. The summed E-state index contributed by atoms with van der Waals surface area (Å²) in [5.41, 5.74) is 0.514. The summed E-state index contributed by atoms with van der Waals surface area (Å²) in [7, 11) is 1.56. The second-order valence-electron chi connectivity index (χ2n) is 6.46. The standard InChI is InChI=1S/C18H24N2O4/c1-12(2)10-20-11-14(8-17(20)22)18(23)19-9-16(21)13-4-6-15(24-3)7-5-13/h4-7,12,14H,8-11H2,1-3H3,(H,19,23)/t14-/m1/s1. The normalized spacial score (nSPS) is 17.2. The van der Waals surface area contributed by atoms with E-state index in [1.54, 1.807) is 36.3 Å². The van der Waals surface area contributed by atoms with Gasteiger partial charge in [0.25, 0.3) is 0 Å². The van der Waals surface area contributed by atoms with Gasteiger partial charge in [0.05, 0.1) is 19.6 Å². The molecule has 1 saturated heterocycles. The molecule has 1 aromatic rings. The molecule has 1 N–H and O–H groups in total. The molecule has 1 aliphatic rings. The Morgan fingerprint density at radius 2 is 1.96 bits per heavy atom. The molecule has 6 nitrogen and oxygen atoms in total. The van der Waals surface area contributed by atoms with Crippen molar-refractivity contribution in [3.63, 3.8) is 0 Å². The van der Waals surface area contributed by atoms with Crippen molar-refractivity contribution in [2.24, 2.45) is 11.8 Å². The van der Waals surface area contributed by atoms with Gasteiger partial charge in [-0.1, -0.05) is 13.8 Å². The van der Waals surface area contributed by atoms with E-state index in [0.717, 1.165) is 0 Å². The minimum absolute atomic E-state index is 0.00494. The van der Waals surface area contributed by atoms with Gasteiger partial charge in [0.2, 0.25) is 11.8 Å². The monoisotopic (exact) mass is 332 g/mol. The molecular formula is C18H24N2O4. The number of ether oxygens (including phenoxy) is 1. The van der Waals surface area contributed by atoms with Gasteiger partial charge in [0, 0.05) is 25.1 Å². The fourth-order valence-electron chi connectivity index (χ4n) is 2.76. The van der Waals surface area contributed by atoms with E-state index in [1.807, 2.05) is 13.8 Å². The molecule has 0 saturated carbocycles. The summed E-state index contributed by atoms with van der Waals surface area (Å²) in [5, 5.41) is 2.65. The van der Waals surface area contributed by atoms with Gasteiger partial charge in [0.15, 0.2) is 5.78 Å². The highest BCUT2D eigenvalue weighted by atomic mass is 16.5. The summed E-state index contributed by atoms with van der Waals surface area (Å²) < 4.78 is 5.04. The van der Waals surface area contributed by atoms with Gasteiger partial charge < -0.3 is 15.0 Å². The Morgan fingerprint density at radius 1 is 1.29 bits per heavy atom. The highest BCUT2D eigenvalue weighted by Gasteiger charge is 2.34. The molecule has 1 heterocycles. The minimum atomic E-state index is -0.375. The first-order valence-electron chi connectivity index (χ1n) is 8.13. The first-order chi connectivity index (χ1) is 11.4. The lowest BCUT2D eigenvalue weighted by atomic mass is 10.1. The van der Waals surface area contributed by atoms with Crippen molar-refractivity contribution < 1.29 is 19.1 Å². The fourth-order valence-corrected chi connectivity index (χ4v) is 2.76. The van der Waals surface area contributed by atoms with E-state index < -0.39 is 0 Å². The Kier molecular flexibility index (Phi) is 5.95. The van der Waals surface area contributed by atoms with Crippen LogP contribution < -0.4 is 10.1 Å². The molecule has 1 aromatic carbocycles. The van der Waals surface area contributed by atoms with Gasteiger partial charge in [-0.05, 0) is 30.2 Å². The molecule has 0 aromatic heterocycles. The van der Waals surface area contributed by atoms with E-state index in [0.29, 0.717) is 30.3 Å². The van der Waals surface area contributed by atoms with Gasteiger partial charge in [0.1, 0.15) is 5.75 Å². The molecule has 6 heteroatoms. The Hall–Kier alpha value is -2.37. The van der Waals surface area contributed by atoms with Crippen LogP contribution in [-0.4, -0.2) is 49.2 Å². The first kappa shape index (κ1) is 18.0. The summed E-state index contributed by atoms with van der Waals surface area (Å²) >= 11 is 0. The Labute approximate surface area is 142 Å². The minimum Gasteiger partial charge on any atom is -0.497 e. The van der Waals surface area contributed by atoms with E-state index in [2.05, 4.69) is 5.32 Å². The molecule has 24 heavy (non-hydrogen) atoms. The summed E-state index contributed by atoms with van der Waals surface area (Å²) in [4.78, 5) is 37.9. The summed E-state index contributed by atoms with van der Waals surface area (Å²) in [6, 6.07) is 6.73. The van der Waals surface area contributed by atoms with Crippen molar-refractivity contribution in [1.82, 2.24) is 10.2 Å². The molecule has 2 rings (SSSR count). The lowest BCUT2D eigenvalue weighted by Crippen LogP contribution is -2.36. The average Bonchev–Trinajstić information content (AvgIpc) is 2.92. The second-order valence-corrected chi connectivity index (χ2v) is 6.46. The zero-order valence-corrected chi connectivity index (χ0v) is 14.4. The predicted molar refractivity (Wildman–Crippen MR) is 89.9 cm³/mol. The van der Waals surface area contributed by atoms with Crippen LogP contribution in [0, 0.1) is 11.8 Å². The number of ketones is 1. The Morgan fingerprint density at radius 3 is 2.54 bits per heavy atom. The number of hydrogen-bond acceptors (Lipinski definition) is 4. The van der Waals surface area contributed by atoms with Crippen LogP contribution in [0.2, 0.25) is 0 Å². The van der Waals surface area contributed by atoms with Gasteiger partial charge in [-0.3, -0.25) is 14.4 Å². The number of nitrogens with one attached hydrogen (secondary N) is 1. The highest BCUT2D eigenvalue weighted by Crippen LogP contribution is 2.19. The van der Waals surface area contributed by atoms with Crippen molar-refractivity contribution in [2.75, 3.05) is 26.7 Å². The van der Waals surface area contributed by atoms with Gasteiger partial charge >= 0.3 is 0 Å². The molecule has 0 aliphatic carbocycles. The van der Waals surface area contributed by atoms with Crippen LogP contribution in [0.4, 0.5) is 0 Å². The summed E-state index contributed by atoms with van der Waals surface area (Å²) in [6.45, 7) is 5.09. The number of hydrogen-bond donors (Lipinski definition) is 1. The average molecular weight is 332 g/mol. The van der Waals surface area contributed by atoms with E-state index in [1.165, 1.54) is 0 Å². The quantitative estimate of drug-likeness (QED) is 0.768. The van der Waals surface area contributed by atoms with E-state index in [-0.39, 0.29) is 36.5 Å². The third kappa shape index (κ3) is 4.57. The maximum Gasteiger partial charge on any atom is 0.225 e. The number of methoxy groups -OCH3 is 1. The van der Waals surface area contributed by atoms with E-state index in [9.17, 15) is 14.4 Å². The maximum absolute atomic E-state index is 12.2. The zero-order valence-electron chi connectivity index (χ0n) is 14.4. The van der Waals surface area contributed by atoms with E-state index >= 15 is 0 Å².